The number of rotatable bonds is 0. The first-order valence-corrected chi connectivity index (χ1v) is 2.97. The van der Waals surface area contributed by atoms with E-state index in [2.05, 4.69) is 12.2 Å². The molecule has 0 atom stereocenters. The number of quaternary nitrogens is 1. The molecule has 0 saturated carbocycles. The molecule has 4 heteroatoms. The summed E-state index contributed by atoms with van der Waals surface area (Å²) >= 11 is 3.70. The molecule has 1 aromatic carbocycles. The van der Waals surface area contributed by atoms with Gasteiger partial charge in [-0.25, -0.2) is 0 Å². The van der Waals surface area contributed by atoms with Crippen molar-refractivity contribution in [3.05, 3.63) is 35.7 Å². The molecule has 0 heterocycles. The smallest absolute Gasteiger partial charge is 0.115 e. The van der Waals surface area contributed by atoms with Gasteiger partial charge < -0.3 is 16.7 Å². The predicted octanol–water partition coefficient (Wildman–Crippen LogP) is 2.43. The highest BCUT2D eigenvalue weighted by atomic mass is 32.1. The van der Waals surface area contributed by atoms with Crippen molar-refractivity contribution in [3.8, 4) is 5.75 Å². The first-order chi connectivity index (χ1) is 4.81. The molecule has 0 unspecified atom stereocenters. The van der Waals surface area contributed by atoms with Crippen LogP contribution in [-0.4, -0.2) is 10.3 Å². The van der Waals surface area contributed by atoms with E-state index in [0.29, 0.717) is 5.75 Å². The normalized spacial score (nSPS) is 6.18. The van der Waals surface area contributed by atoms with Gasteiger partial charge in [-0.3, -0.25) is 0 Å². The van der Waals surface area contributed by atoms with Crippen molar-refractivity contribution < 1.29 is 5.11 Å². The Morgan fingerprint density at radius 3 is 1.82 bits per heavy atom. The van der Waals surface area contributed by atoms with Gasteiger partial charge in [0, 0.05) is 0 Å². The van der Waals surface area contributed by atoms with Crippen molar-refractivity contribution in [1.82, 2.24) is 6.15 Å². The van der Waals surface area contributed by atoms with Crippen LogP contribution in [0, 0.1) is 0 Å². The number of hydrogen-bond donors (Lipinski definition) is 2. The van der Waals surface area contributed by atoms with E-state index in [1.54, 1.807) is 24.3 Å². The van der Waals surface area contributed by atoms with Gasteiger partial charge in [-0.15, -0.1) is 0 Å². The Labute approximate surface area is 70.8 Å². The summed E-state index contributed by atoms with van der Waals surface area (Å²) < 4.78 is 0. The molecule has 0 bridgehead atoms. The van der Waals surface area contributed by atoms with E-state index in [1.165, 1.54) is 5.16 Å². The van der Waals surface area contributed by atoms with Crippen molar-refractivity contribution in [2.75, 3.05) is 0 Å². The zero-order chi connectivity index (χ0) is 7.82. The molecule has 0 fully saturated rings. The Hall–Kier alpha value is -1.22. The minimum atomic E-state index is 0. The molecular weight excluding hydrogens is 160 g/mol. The number of phenolic OH excluding ortho intramolecular Hbond substituents is 1. The summed E-state index contributed by atoms with van der Waals surface area (Å²) in [5.74, 6) is 0.322. The zero-order valence-electron chi connectivity index (χ0n) is 6.19. The van der Waals surface area contributed by atoms with Crippen molar-refractivity contribution in [3.63, 3.8) is 0 Å². The number of aromatic hydroxyl groups is 1. The number of benzene rings is 1. The average Bonchev–Trinajstić information content (AvgIpc) is 1.91. The Morgan fingerprint density at radius 2 is 1.64 bits per heavy atom. The standard InChI is InChI=1S/C6H6O.CNS.H3N/c7-6-4-2-1-3-5-6;2-1-3;/h1-5,7H;;1H3/q;-1;/p+1. The summed E-state index contributed by atoms with van der Waals surface area (Å²) in [4.78, 5) is 0. The van der Waals surface area contributed by atoms with E-state index in [9.17, 15) is 0 Å². The molecular formula is C7H10N2OS. The van der Waals surface area contributed by atoms with Gasteiger partial charge in [0.1, 0.15) is 5.75 Å². The Balaban J connectivity index is 0. The molecule has 0 radical (unpaired) electrons. The van der Waals surface area contributed by atoms with Gasteiger partial charge in [0.25, 0.3) is 0 Å². The fourth-order valence-corrected chi connectivity index (χ4v) is 0.428. The lowest BCUT2D eigenvalue weighted by Crippen LogP contribution is -1.56. The molecule has 5 N–H and O–H groups in total. The fourth-order valence-electron chi connectivity index (χ4n) is 0.428. The van der Waals surface area contributed by atoms with Crippen molar-refractivity contribution in [2.24, 2.45) is 0 Å². The molecule has 0 aliphatic rings. The van der Waals surface area contributed by atoms with Crippen LogP contribution in [0.3, 0.4) is 0 Å². The largest absolute Gasteiger partial charge is 0.753 e. The number of thiocarbonyl (C=S) groups is 1. The summed E-state index contributed by atoms with van der Waals surface area (Å²) in [7, 11) is 0. The third-order valence-corrected chi connectivity index (χ3v) is 0.756. The van der Waals surface area contributed by atoms with Crippen LogP contribution in [-0.2, 0) is 0 Å². The molecule has 1 aromatic rings. The van der Waals surface area contributed by atoms with Crippen LogP contribution in [0.2, 0.25) is 0 Å². The highest BCUT2D eigenvalue weighted by Crippen LogP contribution is 2.02. The van der Waals surface area contributed by atoms with E-state index >= 15 is 0 Å². The van der Waals surface area contributed by atoms with Crippen molar-refractivity contribution >= 4 is 17.4 Å². The quantitative estimate of drug-likeness (QED) is 0.463. The summed E-state index contributed by atoms with van der Waals surface area (Å²) in [6, 6.07) is 8.71. The second kappa shape index (κ2) is 8.78. The predicted molar refractivity (Wildman–Crippen MR) is 50.0 cm³/mol. The molecule has 0 aliphatic heterocycles. The first-order valence-electron chi connectivity index (χ1n) is 2.56. The van der Waals surface area contributed by atoms with E-state index in [1.807, 2.05) is 6.07 Å². The van der Waals surface area contributed by atoms with Gasteiger partial charge >= 0.3 is 0 Å². The van der Waals surface area contributed by atoms with Gasteiger partial charge in [0.15, 0.2) is 0 Å². The zero-order valence-corrected chi connectivity index (χ0v) is 7.01. The van der Waals surface area contributed by atoms with Crippen molar-refractivity contribution in [2.45, 2.75) is 0 Å². The van der Waals surface area contributed by atoms with Crippen LogP contribution >= 0.6 is 12.2 Å². The van der Waals surface area contributed by atoms with Crippen LogP contribution in [0.5, 0.6) is 5.75 Å². The first kappa shape index (κ1) is 12.5. The van der Waals surface area contributed by atoms with E-state index in [4.69, 9.17) is 10.5 Å². The van der Waals surface area contributed by atoms with Crippen LogP contribution in [0.1, 0.15) is 0 Å². The van der Waals surface area contributed by atoms with Gasteiger partial charge in [0.2, 0.25) is 0 Å². The second-order valence-corrected chi connectivity index (χ2v) is 1.61. The molecule has 0 aliphatic carbocycles. The van der Waals surface area contributed by atoms with Gasteiger partial charge in [-0.1, -0.05) is 30.4 Å². The summed E-state index contributed by atoms with van der Waals surface area (Å²) in [6.07, 6.45) is 0. The van der Waals surface area contributed by atoms with Crippen LogP contribution in [0.15, 0.2) is 30.3 Å². The maximum atomic E-state index is 8.63. The number of phenols is 1. The van der Waals surface area contributed by atoms with E-state index in [0.717, 1.165) is 0 Å². The minimum Gasteiger partial charge on any atom is -0.753 e. The summed E-state index contributed by atoms with van der Waals surface area (Å²) in [6.45, 7) is 0. The lowest BCUT2D eigenvalue weighted by molar-refractivity contribution is 0.475. The fraction of sp³-hybridized carbons (Fsp3) is 0. The third-order valence-electron chi connectivity index (χ3n) is 0.756. The topological polar surface area (TPSA) is 79.0 Å². The SMILES string of the molecule is Oc1ccccc1.[N-]=C=S.[NH4+]. The Kier molecular flexibility index (Phi) is 9.94. The van der Waals surface area contributed by atoms with E-state index in [-0.39, 0.29) is 6.15 Å². The number of hydrogen-bond acceptors (Lipinski definition) is 2. The molecule has 0 spiro atoms. The molecule has 1 rings (SSSR count). The maximum Gasteiger partial charge on any atom is 0.115 e. The Bertz CT molecular complexity index is 207. The van der Waals surface area contributed by atoms with Gasteiger partial charge in [-0.05, 0) is 12.1 Å². The van der Waals surface area contributed by atoms with Crippen molar-refractivity contribution in [1.29, 1.82) is 0 Å². The highest BCUT2D eigenvalue weighted by molar-refractivity contribution is 7.78. The van der Waals surface area contributed by atoms with Crippen LogP contribution in [0.4, 0.5) is 0 Å². The number of nitrogens with zero attached hydrogens (tertiary/aromatic N) is 1. The highest BCUT2D eigenvalue weighted by Gasteiger charge is 1.74. The Morgan fingerprint density at radius 1 is 1.27 bits per heavy atom. The van der Waals surface area contributed by atoms with E-state index < -0.39 is 0 Å². The average molecular weight is 170 g/mol. The van der Waals surface area contributed by atoms with Crippen LogP contribution < -0.4 is 6.15 Å². The molecule has 11 heavy (non-hydrogen) atoms. The molecule has 0 amide bonds. The number of isothiocyanates is 1. The van der Waals surface area contributed by atoms with Crippen LogP contribution in [0.25, 0.3) is 5.41 Å². The summed E-state index contributed by atoms with van der Waals surface area (Å²) in [5, 5.41) is 17.1. The molecule has 0 aromatic heterocycles. The van der Waals surface area contributed by atoms with Gasteiger partial charge in [-0.2, -0.15) is 5.16 Å². The number of para-hydroxylation sites is 1. The summed E-state index contributed by atoms with van der Waals surface area (Å²) in [5.41, 5.74) is 0. The lowest BCUT2D eigenvalue weighted by Gasteiger charge is -1.82. The second-order valence-electron chi connectivity index (χ2n) is 1.43. The lowest BCUT2D eigenvalue weighted by atomic mass is 10.3. The maximum absolute atomic E-state index is 8.63. The third kappa shape index (κ3) is 8.78. The van der Waals surface area contributed by atoms with Gasteiger partial charge in [0.05, 0.1) is 0 Å². The monoisotopic (exact) mass is 170 g/mol. The molecule has 60 valence electrons. The minimum absolute atomic E-state index is 0. The molecule has 0 saturated heterocycles. The molecule has 3 nitrogen and oxygen atoms in total.